The first-order valence-electron chi connectivity index (χ1n) is 9.83. The van der Waals surface area contributed by atoms with Gasteiger partial charge in [-0.2, -0.15) is 4.98 Å². The molecule has 3 aromatic carbocycles. The zero-order valence-corrected chi connectivity index (χ0v) is 17.4. The van der Waals surface area contributed by atoms with Crippen molar-refractivity contribution in [1.82, 2.24) is 10.1 Å². The highest BCUT2D eigenvalue weighted by molar-refractivity contribution is 5.94. The van der Waals surface area contributed by atoms with Gasteiger partial charge in [-0.05, 0) is 79.7 Å². The second-order valence-corrected chi connectivity index (χ2v) is 6.93. The van der Waals surface area contributed by atoms with E-state index in [2.05, 4.69) is 15.5 Å². The number of anilines is 1. The van der Waals surface area contributed by atoms with Crippen LogP contribution in [-0.4, -0.2) is 29.3 Å². The highest BCUT2D eigenvalue weighted by Crippen LogP contribution is 2.25. The van der Waals surface area contributed by atoms with Crippen molar-refractivity contribution in [3.8, 4) is 34.3 Å². The van der Waals surface area contributed by atoms with Crippen molar-refractivity contribution in [3.05, 3.63) is 78.6 Å². The van der Waals surface area contributed by atoms with Crippen LogP contribution in [0.2, 0.25) is 0 Å². The Labute approximate surface area is 183 Å². The highest BCUT2D eigenvalue weighted by Gasteiger charge is 2.16. The molecule has 1 heterocycles. The van der Waals surface area contributed by atoms with Crippen LogP contribution in [0.4, 0.5) is 10.1 Å². The number of hydrogen-bond acceptors (Lipinski definition) is 6. The lowest BCUT2D eigenvalue weighted by Crippen LogP contribution is -2.30. The van der Waals surface area contributed by atoms with E-state index in [1.54, 1.807) is 38.3 Å². The summed E-state index contributed by atoms with van der Waals surface area (Å²) in [5.74, 6) is 1.28. The van der Waals surface area contributed by atoms with Crippen LogP contribution in [0.15, 0.2) is 77.3 Å². The van der Waals surface area contributed by atoms with E-state index in [9.17, 15) is 9.18 Å². The van der Waals surface area contributed by atoms with Crippen LogP contribution in [0.5, 0.6) is 11.5 Å². The summed E-state index contributed by atoms with van der Waals surface area (Å²) in [6, 6.07) is 19.8. The SMILES string of the molecule is COc1ccc(-c2noc(-c3ccc(NC(=O)C(C)Oc4ccc(F)cc4)cc3)n2)cc1. The Morgan fingerprint density at radius 3 is 2.22 bits per heavy atom. The number of carbonyl (C=O) groups excluding carboxylic acids is 1. The maximum Gasteiger partial charge on any atom is 0.265 e. The first-order chi connectivity index (χ1) is 15.5. The topological polar surface area (TPSA) is 86.5 Å². The standard InChI is InChI=1S/C24H20FN3O4/c1-15(31-21-13-7-18(25)8-14-21)23(29)26-19-9-3-17(4-10-19)24-27-22(28-32-24)16-5-11-20(30-2)12-6-16/h3-15H,1-2H3,(H,26,29). The fourth-order valence-electron chi connectivity index (χ4n) is 2.91. The molecule has 8 heteroatoms. The number of aromatic nitrogens is 2. The van der Waals surface area contributed by atoms with Gasteiger partial charge in [0, 0.05) is 16.8 Å². The monoisotopic (exact) mass is 433 g/mol. The van der Waals surface area contributed by atoms with E-state index in [0.29, 0.717) is 28.7 Å². The first kappa shape index (κ1) is 21.0. The molecule has 1 aromatic heterocycles. The molecule has 4 rings (SSSR count). The Morgan fingerprint density at radius 1 is 0.938 bits per heavy atom. The van der Waals surface area contributed by atoms with Crippen molar-refractivity contribution in [2.75, 3.05) is 12.4 Å². The number of hydrogen-bond donors (Lipinski definition) is 1. The van der Waals surface area contributed by atoms with Crippen LogP contribution in [0, 0.1) is 5.82 Å². The third-order valence-corrected chi connectivity index (χ3v) is 4.67. The van der Waals surface area contributed by atoms with Gasteiger partial charge in [-0.25, -0.2) is 4.39 Å². The minimum atomic E-state index is -0.761. The van der Waals surface area contributed by atoms with Gasteiger partial charge in [-0.15, -0.1) is 0 Å². The molecule has 32 heavy (non-hydrogen) atoms. The lowest BCUT2D eigenvalue weighted by molar-refractivity contribution is -0.122. The highest BCUT2D eigenvalue weighted by atomic mass is 19.1. The molecule has 0 aliphatic heterocycles. The summed E-state index contributed by atoms with van der Waals surface area (Å²) in [6.45, 7) is 1.62. The number of amides is 1. The summed E-state index contributed by atoms with van der Waals surface area (Å²) < 4.78 is 29.0. The zero-order valence-electron chi connectivity index (χ0n) is 17.4. The van der Waals surface area contributed by atoms with Crippen molar-refractivity contribution in [1.29, 1.82) is 0 Å². The van der Waals surface area contributed by atoms with E-state index >= 15 is 0 Å². The quantitative estimate of drug-likeness (QED) is 0.443. The second kappa shape index (κ2) is 9.30. The molecular formula is C24H20FN3O4. The van der Waals surface area contributed by atoms with Gasteiger partial charge in [0.1, 0.15) is 17.3 Å². The maximum absolute atomic E-state index is 13.0. The van der Waals surface area contributed by atoms with Crippen molar-refractivity contribution in [3.63, 3.8) is 0 Å². The first-order valence-corrected chi connectivity index (χ1v) is 9.83. The van der Waals surface area contributed by atoms with Gasteiger partial charge in [-0.1, -0.05) is 5.16 Å². The molecule has 0 fully saturated rings. The van der Waals surface area contributed by atoms with Crippen LogP contribution >= 0.6 is 0 Å². The van der Waals surface area contributed by atoms with Gasteiger partial charge in [0.2, 0.25) is 5.82 Å². The van der Waals surface area contributed by atoms with Crippen LogP contribution in [0.25, 0.3) is 22.8 Å². The van der Waals surface area contributed by atoms with Crippen LogP contribution in [0.3, 0.4) is 0 Å². The number of nitrogens with one attached hydrogen (secondary N) is 1. The van der Waals surface area contributed by atoms with Crippen molar-refractivity contribution in [2.45, 2.75) is 13.0 Å². The van der Waals surface area contributed by atoms with E-state index in [1.807, 2.05) is 24.3 Å². The Bertz CT molecular complexity index is 1190. The third-order valence-electron chi connectivity index (χ3n) is 4.67. The number of ether oxygens (including phenoxy) is 2. The summed E-state index contributed by atoms with van der Waals surface area (Å²) in [5.41, 5.74) is 2.11. The largest absolute Gasteiger partial charge is 0.497 e. The molecule has 1 atom stereocenters. The normalized spacial score (nSPS) is 11.6. The van der Waals surface area contributed by atoms with Crippen LogP contribution in [-0.2, 0) is 4.79 Å². The minimum Gasteiger partial charge on any atom is -0.497 e. The maximum atomic E-state index is 13.0. The molecule has 7 nitrogen and oxygen atoms in total. The molecular weight excluding hydrogens is 413 g/mol. The summed E-state index contributed by atoms with van der Waals surface area (Å²) in [7, 11) is 1.60. The molecule has 0 spiro atoms. The molecule has 0 saturated carbocycles. The lowest BCUT2D eigenvalue weighted by atomic mass is 10.2. The predicted octanol–water partition coefficient (Wildman–Crippen LogP) is 4.96. The Kier molecular flexibility index (Phi) is 6.12. The van der Waals surface area contributed by atoms with Gasteiger partial charge in [0.05, 0.1) is 7.11 Å². The smallest absolute Gasteiger partial charge is 0.265 e. The summed E-state index contributed by atoms with van der Waals surface area (Å²) in [5, 5.41) is 6.80. The Balaban J connectivity index is 1.39. The van der Waals surface area contributed by atoms with Gasteiger partial charge in [0.15, 0.2) is 6.10 Å². The molecule has 162 valence electrons. The van der Waals surface area contributed by atoms with Gasteiger partial charge >= 0.3 is 0 Å². The van der Waals surface area contributed by atoms with Crippen molar-refractivity contribution >= 4 is 11.6 Å². The number of halogens is 1. The van der Waals surface area contributed by atoms with E-state index in [-0.39, 0.29) is 11.7 Å². The molecule has 1 amide bonds. The Morgan fingerprint density at radius 2 is 1.56 bits per heavy atom. The zero-order chi connectivity index (χ0) is 22.5. The fraction of sp³-hybridized carbons (Fsp3) is 0.125. The number of rotatable bonds is 7. The van der Waals surface area contributed by atoms with Crippen LogP contribution < -0.4 is 14.8 Å². The summed E-state index contributed by atoms with van der Waals surface area (Å²) >= 11 is 0. The number of benzene rings is 3. The van der Waals surface area contributed by atoms with Crippen LogP contribution in [0.1, 0.15) is 6.92 Å². The van der Waals surface area contributed by atoms with Crippen molar-refractivity contribution < 1.29 is 23.2 Å². The van der Waals surface area contributed by atoms with Crippen molar-refractivity contribution in [2.24, 2.45) is 0 Å². The predicted molar refractivity (Wildman–Crippen MR) is 117 cm³/mol. The van der Waals surface area contributed by atoms with E-state index in [0.717, 1.165) is 11.3 Å². The van der Waals surface area contributed by atoms with Gasteiger partial charge in [0.25, 0.3) is 11.8 Å². The fourth-order valence-corrected chi connectivity index (χ4v) is 2.91. The number of carbonyl (C=O) groups is 1. The molecule has 0 bridgehead atoms. The molecule has 1 N–H and O–H groups in total. The molecule has 0 radical (unpaired) electrons. The molecule has 0 aliphatic carbocycles. The molecule has 1 unspecified atom stereocenters. The third kappa shape index (κ3) is 4.92. The summed E-state index contributed by atoms with van der Waals surface area (Å²) in [4.78, 5) is 16.8. The van der Waals surface area contributed by atoms with E-state index < -0.39 is 6.10 Å². The molecule has 0 saturated heterocycles. The molecule has 4 aromatic rings. The Hall–Kier alpha value is -4.20. The lowest BCUT2D eigenvalue weighted by Gasteiger charge is -2.14. The van der Waals surface area contributed by atoms with Gasteiger partial charge in [-0.3, -0.25) is 4.79 Å². The number of nitrogens with zero attached hydrogens (tertiary/aromatic N) is 2. The average molecular weight is 433 g/mol. The van der Waals surface area contributed by atoms with E-state index in [4.69, 9.17) is 14.0 Å². The summed E-state index contributed by atoms with van der Waals surface area (Å²) in [6.07, 6.45) is -0.761. The van der Waals surface area contributed by atoms with Gasteiger partial charge < -0.3 is 19.3 Å². The molecule has 0 aliphatic rings. The number of methoxy groups -OCH3 is 1. The minimum absolute atomic E-state index is 0.332. The average Bonchev–Trinajstić information content (AvgIpc) is 3.31. The second-order valence-electron chi connectivity index (χ2n) is 6.93. The van der Waals surface area contributed by atoms with E-state index in [1.165, 1.54) is 24.3 Å².